The smallest absolute Gasteiger partial charge is 0.246 e. The first-order valence-electron chi connectivity index (χ1n) is 7.24. The number of hydrogen-bond acceptors (Lipinski definition) is 4. The minimum Gasteiger partial charge on any atom is -0.454 e. The lowest BCUT2D eigenvalue weighted by molar-refractivity contribution is -0.117. The fourth-order valence-electron chi connectivity index (χ4n) is 2.75. The first-order valence-corrected chi connectivity index (χ1v) is 7.24. The quantitative estimate of drug-likeness (QED) is 0.925. The number of amides is 1. The van der Waals surface area contributed by atoms with Crippen LogP contribution < -0.4 is 19.7 Å². The number of benzene rings is 2. The first-order chi connectivity index (χ1) is 10.7. The summed E-state index contributed by atoms with van der Waals surface area (Å²) in [4.78, 5) is 14.1. The van der Waals surface area contributed by atoms with Crippen molar-refractivity contribution in [2.45, 2.75) is 13.5 Å². The summed E-state index contributed by atoms with van der Waals surface area (Å²) in [6.07, 6.45) is 0. The molecule has 5 nitrogen and oxygen atoms in total. The number of fused-ring (bicyclic) bond motifs is 2. The Bertz CT molecular complexity index is 740. The van der Waals surface area contributed by atoms with E-state index in [9.17, 15) is 4.79 Å². The molecule has 0 spiro atoms. The number of aryl methyl sites for hydroxylation is 1. The topological polar surface area (TPSA) is 50.8 Å². The van der Waals surface area contributed by atoms with Crippen molar-refractivity contribution in [2.24, 2.45) is 0 Å². The summed E-state index contributed by atoms with van der Waals surface area (Å²) in [6.45, 7) is 3.12. The molecule has 2 aromatic rings. The third-order valence-electron chi connectivity index (χ3n) is 3.97. The number of nitrogens with one attached hydrogen (secondary N) is 1. The van der Waals surface area contributed by atoms with E-state index < -0.39 is 0 Å². The largest absolute Gasteiger partial charge is 0.454 e. The highest BCUT2D eigenvalue weighted by atomic mass is 16.7. The zero-order valence-electron chi connectivity index (χ0n) is 12.3. The van der Waals surface area contributed by atoms with E-state index in [0.29, 0.717) is 18.8 Å². The molecule has 2 aromatic carbocycles. The Morgan fingerprint density at radius 1 is 1.14 bits per heavy atom. The van der Waals surface area contributed by atoms with Crippen molar-refractivity contribution in [1.82, 2.24) is 0 Å². The highest BCUT2D eigenvalue weighted by Gasteiger charge is 2.27. The molecule has 0 aliphatic carbocycles. The molecule has 2 heterocycles. The van der Waals surface area contributed by atoms with Crippen LogP contribution in [0.3, 0.4) is 0 Å². The molecule has 0 bridgehead atoms. The van der Waals surface area contributed by atoms with E-state index in [-0.39, 0.29) is 12.7 Å². The van der Waals surface area contributed by atoms with E-state index in [1.54, 1.807) is 4.90 Å². The fourth-order valence-corrected chi connectivity index (χ4v) is 2.75. The van der Waals surface area contributed by atoms with Crippen molar-refractivity contribution in [3.05, 3.63) is 47.5 Å². The van der Waals surface area contributed by atoms with Gasteiger partial charge in [0.25, 0.3) is 0 Å². The van der Waals surface area contributed by atoms with Crippen molar-refractivity contribution in [2.75, 3.05) is 23.6 Å². The Morgan fingerprint density at radius 2 is 1.86 bits per heavy atom. The van der Waals surface area contributed by atoms with E-state index in [1.807, 2.05) is 12.1 Å². The molecular weight excluding hydrogens is 280 g/mol. The van der Waals surface area contributed by atoms with E-state index in [2.05, 4.69) is 36.5 Å². The molecular formula is C17H16N2O3. The number of anilines is 2. The fraction of sp³-hybridized carbons (Fsp3) is 0.235. The van der Waals surface area contributed by atoms with Gasteiger partial charge in [-0.2, -0.15) is 0 Å². The minimum atomic E-state index is 0.0481. The highest BCUT2D eigenvalue weighted by Crippen LogP contribution is 2.42. The predicted molar refractivity (Wildman–Crippen MR) is 83.4 cm³/mol. The van der Waals surface area contributed by atoms with Crippen LogP contribution in [0.5, 0.6) is 11.5 Å². The standard InChI is InChI=1S/C17H16N2O3/c1-11-2-4-12(5-3-11)9-19-14-7-16-15(21-10-22-16)6-13(14)18-8-17(19)20/h2-7,18H,8-10H2,1H3. The van der Waals surface area contributed by atoms with Crippen LogP contribution in [0.2, 0.25) is 0 Å². The van der Waals surface area contributed by atoms with Crippen LogP contribution in [0.4, 0.5) is 11.4 Å². The average Bonchev–Trinajstić information content (AvgIpc) is 2.97. The maximum absolute atomic E-state index is 12.3. The number of carbonyl (C=O) groups is 1. The van der Waals surface area contributed by atoms with Crippen molar-refractivity contribution >= 4 is 17.3 Å². The van der Waals surface area contributed by atoms with Crippen LogP contribution in [0, 0.1) is 6.92 Å². The van der Waals surface area contributed by atoms with Crippen LogP contribution in [-0.4, -0.2) is 19.2 Å². The van der Waals surface area contributed by atoms with Gasteiger partial charge in [0.05, 0.1) is 24.5 Å². The van der Waals surface area contributed by atoms with Gasteiger partial charge >= 0.3 is 0 Å². The molecule has 2 aliphatic heterocycles. The van der Waals surface area contributed by atoms with Crippen LogP contribution in [0.15, 0.2) is 36.4 Å². The van der Waals surface area contributed by atoms with Crippen molar-refractivity contribution in [3.8, 4) is 11.5 Å². The summed E-state index contributed by atoms with van der Waals surface area (Å²) >= 11 is 0. The highest BCUT2D eigenvalue weighted by molar-refractivity contribution is 6.03. The number of carbonyl (C=O) groups excluding carboxylic acids is 1. The molecule has 4 rings (SSSR count). The zero-order valence-corrected chi connectivity index (χ0v) is 12.3. The van der Waals surface area contributed by atoms with Crippen LogP contribution in [0.1, 0.15) is 11.1 Å². The van der Waals surface area contributed by atoms with Crippen LogP contribution >= 0.6 is 0 Å². The van der Waals surface area contributed by atoms with Gasteiger partial charge in [-0.25, -0.2) is 0 Å². The Labute approximate surface area is 128 Å². The van der Waals surface area contributed by atoms with Gasteiger partial charge in [-0.15, -0.1) is 0 Å². The van der Waals surface area contributed by atoms with Crippen LogP contribution in [0.25, 0.3) is 0 Å². The summed E-state index contributed by atoms with van der Waals surface area (Å²) in [5.74, 6) is 1.45. The van der Waals surface area contributed by atoms with Gasteiger partial charge in [0.15, 0.2) is 11.5 Å². The first kappa shape index (κ1) is 13.0. The lowest BCUT2D eigenvalue weighted by Crippen LogP contribution is -2.39. The molecule has 2 aliphatic rings. The third kappa shape index (κ3) is 2.15. The lowest BCUT2D eigenvalue weighted by Gasteiger charge is -2.30. The molecule has 0 atom stereocenters. The maximum Gasteiger partial charge on any atom is 0.246 e. The summed E-state index contributed by atoms with van der Waals surface area (Å²) in [5.41, 5.74) is 4.04. The second-order valence-corrected chi connectivity index (χ2v) is 5.54. The van der Waals surface area contributed by atoms with Gasteiger partial charge in [-0.1, -0.05) is 29.8 Å². The molecule has 0 saturated heterocycles. The third-order valence-corrected chi connectivity index (χ3v) is 3.97. The molecule has 1 amide bonds. The minimum absolute atomic E-state index is 0.0481. The molecule has 112 valence electrons. The van der Waals surface area contributed by atoms with Gasteiger partial charge in [0.2, 0.25) is 12.7 Å². The lowest BCUT2D eigenvalue weighted by atomic mass is 10.1. The zero-order chi connectivity index (χ0) is 15.1. The van der Waals surface area contributed by atoms with Gasteiger partial charge < -0.3 is 19.7 Å². The van der Waals surface area contributed by atoms with E-state index in [4.69, 9.17) is 9.47 Å². The second kappa shape index (κ2) is 4.94. The SMILES string of the molecule is Cc1ccc(CN2C(=O)CNc3cc4c(cc32)OCO4)cc1. The molecule has 0 fully saturated rings. The normalized spacial score (nSPS) is 15.5. The molecule has 0 aromatic heterocycles. The number of nitrogens with zero attached hydrogens (tertiary/aromatic N) is 1. The van der Waals surface area contributed by atoms with E-state index in [0.717, 1.165) is 22.7 Å². The Morgan fingerprint density at radius 3 is 2.64 bits per heavy atom. The number of hydrogen-bond donors (Lipinski definition) is 1. The summed E-state index contributed by atoms with van der Waals surface area (Å²) < 4.78 is 10.8. The van der Waals surface area contributed by atoms with Gasteiger partial charge in [0, 0.05) is 12.1 Å². The average molecular weight is 296 g/mol. The van der Waals surface area contributed by atoms with Gasteiger partial charge in [0.1, 0.15) is 0 Å². The van der Waals surface area contributed by atoms with Gasteiger partial charge in [-0.05, 0) is 12.5 Å². The predicted octanol–water partition coefficient (Wildman–Crippen LogP) is 2.68. The Balaban J connectivity index is 1.70. The molecule has 0 saturated carbocycles. The molecule has 0 radical (unpaired) electrons. The number of rotatable bonds is 2. The number of ether oxygens (including phenoxy) is 2. The van der Waals surface area contributed by atoms with Crippen molar-refractivity contribution < 1.29 is 14.3 Å². The van der Waals surface area contributed by atoms with E-state index >= 15 is 0 Å². The maximum atomic E-state index is 12.3. The molecule has 1 N–H and O–H groups in total. The van der Waals surface area contributed by atoms with Crippen molar-refractivity contribution in [3.63, 3.8) is 0 Å². The molecule has 22 heavy (non-hydrogen) atoms. The molecule has 0 unspecified atom stereocenters. The summed E-state index contributed by atoms with van der Waals surface area (Å²) in [6, 6.07) is 12.0. The molecule has 5 heteroatoms. The Kier molecular flexibility index (Phi) is 2.92. The van der Waals surface area contributed by atoms with E-state index in [1.165, 1.54) is 5.56 Å². The van der Waals surface area contributed by atoms with Crippen LogP contribution in [-0.2, 0) is 11.3 Å². The second-order valence-electron chi connectivity index (χ2n) is 5.54. The summed E-state index contributed by atoms with van der Waals surface area (Å²) in [5, 5.41) is 3.14. The van der Waals surface area contributed by atoms with Gasteiger partial charge in [-0.3, -0.25) is 4.79 Å². The van der Waals surface area contributed by atoms with Crippen molar-refractivity contribution in [1.29, 1.82) is 0 Å². The monoisotopic (exact) mass is 296 g/mol. The summed E-state index contributed by atoms with van der Waals surface area (Å²) in [7, 11) is 0. The Hall–Kier alpha value is -2.69.